The molecule has 2 amide bonds. The van der Waals surface area contributed by atoms with Gasteiger partial charge in [0.2, 0.25) is 5.91 Å². The summed E-state index contributed by atoms with van der Waals surface area (Å²) in [4.78, 5) is 38.2. The van der Waals surface area contributed by atoms with Crippen molar-refractivity contribution in [1.82, 2.24) is 20.2 Å². The standard InChI is InChI=1S/C26H33N7O3/c1-26(2)14-17-12-20(31-25(35)19(15-27)24-28-6-3-7-29-24)21(13-22(17)36-26)33-10-8-32(9-11-33)16-23(34)30-18-4-5-18/h3,6-7,12-13,15,18H,4-5,8-11,14,16,27H2,1-2H3,(H,30,34)(H,31,35). The summed E-state index contributed by atoms with van der Waals surface area (Å²) in [5.41, 5.74) is 8.29. The molecule has 2 fully saturated rings. The van der Waals surface area contributed by atoms with Gasteiger partial charge >= 0.3 is 0 Å². The zero-order chi connectivity index (χ0) is 25.3. The molecule has 0 unspecified atom stereocenters. The van der Waals surface area contributed by atoms with Crippen LogP contribution in [0.3, 0.4) is 0 Å². The van der Waals surface area contributed by atoms with Crippen LogP contribution >= 0.6 is 0 Å². The number of carbonyl (C=O) groups is 2. The van der Waals surface area contributed by atoms with Gasteiger partial charge in [0, 0.05) is 68.9 Å². The van der Waals surface area contributed by atoms with Gasteiger partial charge in [0.1, 0.15) is 11.4 Å². The highest BCUT2D eigenvalue weighted by atomic mass is 16.5. The molecule has 3 heterocycles. The predicted molar refractivity (Wildman–Crippen MR) is 137 cm³/mol. The van der Waals surface area contributed by atoms with Crippen LogP contribution in [0.15, 0.2) is 36.8 Å². The topological polar surface area (TPSA) is 126 Å². The molecule has 1 aromatic heterocycles. The van der Waals surface area contributed by atoms with Gasteiger partial charge < -0.3 is 26.0 Å². The van der Waals surface area contributed by atoms with Gasteiger partial charge in [-0.2, -0.15) is 0 Å². The number of rotatable bonds is 7. The molecule has 0 radical (unpaired) electrons. The van der Waals surface area contributed by atoms with E-state index in [0.717, 1.165) is 62.4 Å². The Bertz CT molecular complexity index is 1170. The van der Waals surface area contributed by atoms with Gasteiger partial charge in [0.15, 0.2) is 5.82 Å². The summed E-state index contributed by atoms with van der Waals surface area (Å²) in [6.07, 6.45) is 7.30. The fourth-order valence-corrected chi connectivity index (χ4v) is 4.73. The van der Waals surface area contributed by atoms with Gasteiger partial charge in [0.25, 0.3) is 5.91 Å². The van der Waals surface area contributed by atoms with Crippen molar-refractivity contribution in [3.8, 4) is 5.75 Å². The monoisotopic (exact) mass is 491 g/mol. The highest BCUT2D eigenvalue weighted by Crippen LogP contribution is 2.42. The lowest BCUT2D eigenvalue weighted by Crippen LogP contribution is -2.49. The molecule has 5 rings (SSSR count). The zero-order valence-corrected chi connectivity index (χ0v) is 20.8. The molecule has 36 heavy (non-hydrogen) atoms. The maximum atomic E-state index is 13.2. The van der Waals surface area contributed by atoms with Gasteiger partial charge in [-0.1, -0.05) is 0 Å². The van der Waals surface area contributed by atoms with Crippen LogP contribution in [0.4, 0.5) is 11.4 Å². The summed E-state index contributed by atoms with van der Waals surface area (Å²) in [5, 5.41) is 6.10. The van der Waals surface area contributed by atoms with Gasteiger partial charge in [-0.15, -0.1) is 0 Å². The molecule has 1 aromatic carbocycles. The van der Waals surface area contributed by atoms with Crippen molar-refractivity contribution in [2.24, 2.45) is 5.73 Å². The van der Waals surface area contributed by atoms with E-state index in [4.69, 9.17) is 10.5 Å². The highest BCUT2D eigenvalue weighted by molar-refractivity contribution is 6.24. The lowest BCUT2D eigenvalue weighted by molar-refractivity contribution is -0.122. The molecule has 1 aliphatic carbocycles. The minimum Gasteiger partial charge on any atom is -0.487 e. The molecule has 1 saturated carbocycles. The maximum absolute atomic E-state index is 13.2. The number of carbonyl (C=O) groups excluding carboxylic acids is 2. The third kappa shape index (κ3) is 5.43. The molecule has 4 N–H and O–H groups in total. The van der Waals surface area contributed by atoms with Crippen LogP contribution in [0, 0.1) is 0 Å². The van der Waals surface area contributed by atoms with Crippen LogP contribution in [-0.4, -0.2) is 71.0 Å². The van der Waals surface area contributed by atoms with E-state index < -0.39 is 0 Å². The molecule has 3 aliphatic rings. The smallest absolute Gasteiger partial charge is 0.261 e. The molecule has 190 valence electrons. The van der Waals surface area contributed by atoms with Crippen LogP contribution in [0.5, 0.6) is 5.75 Å². The second-order valence-electron chi connectivity index (χ2n) is 10.2. The molecule has 10 heteroatoms. The summed E-state index contributed by atoms with van der Waals surface area (Å²) in [6, 6.07) is 6.06. The highest BCUT2D eigenvalue weighted by Gasteiger charge is 2.33. The van der Waals surface area contributed by atoms with E-state index >= 15 is 0 Å². The summed E-state index contributed by atoms with van der Waals surface area (Å²) in [7, 11) is 0. The van der Waals surface area contributed by atoms with E-state index in [0.29, 0.717) is 18.3 Å². The Kier molecular flexibility index (Phi) is 6.53. The number of benzene rings is 1. The Morgan fingerprint density at radius 2 is 1.89 bits per heavy atom. The van der Waals surface area contributed by atoms with Gasteiger partial charge in [0.05, 0.1) is 23.5 Å². The van der Waals surface area contributed by atoms with Crippen molar-refractivity contribution in [2.45, 2.75) is 44.8 Å². The summed E-state index contributed by atoms with van der Waals surface area (Å²) >= 11 is 0. The zero-order valence-electron chi connectivity index (χ0n) is 20.8. The number of anilines is 2. The lowest BCUT2D eigenvalue weighted by Gasteiger charge is -2.36. The van der Waals surface area contributed by atoms with Crippen molar-refractivity contribution >= 4 is 28.8 Å². The van der Waals surface area contributed by atoms with Crippen molar-refractivity contribution in [3.63, 3.8) is 0 Å². The fraction of sp³-hybridized carbons (Fsp3) is 0.462. The number of fused-ring (bicyclic) bond motifs is 1. The number of hydrogen-bond donors (Lipinski definition) is 3. The molecule has 2 aromatic rings. The first-order valence-electron chi connectivity index (χ1n) is 12.4. The first-order chi connectivity index (χ1) is 17.3. The summed E-state index contributed by atoms with van der Waals surface area (Å²) < 4.78 is 6.19. The summed E-state index contributed by atoms with van der Waals surface area (Å²) in [6.45, 7) is 7.47. The average molecular weight is 492 g/mol. The molecular formula is C26H33N7O3. The number of ether oxygens (including phenoxy) is 1. The number of aromatic nitrogens is 2. The van der Waals surface area contributed by atoms with Crippen LogP contribution in [-0.2, 0) is 16.0 Å². The fourth-order valence-electron chi connectivity index (χ4n) is 4.73. The first-order valence-corrected chi connectivity index (χ1v) is 12.4. The Balaban J connectivity index is 1.34. The quantitative estimate of drug-likeness (QED) is 0.498. The summed E-state index contributed by atoms with van der Waals surface area (Å²) in [5.74, 6) is 0.817. The number of amides is 2. The number of nitrogens with one attached hydrogen (secondary N) is 2. The first kappa shape index (κ1) is 24.1. The lowest BCUT2D eigenvalue weighted by atomic mass is 10.0. The number of nitrogens with zero attached hydrogens (tertiary/aromatic N) is 4. The molecule has 2 aliphatic heterocycles. The second-order valence-corrected chi connectivity index (χ2v) is 10.2. The Morgan fingerprint density at radius 3 is 2.56 bits per heavy atom. The van der Waals surface area contributed by atoms with Crippen molar-refractivity contribution in [2.75, 3.05) is 42.9 Å². The number of piperazine rings is 1. The van der Waals surface area contributed by atoms with Crippen molar-refractivity contribution < 1.29 is 14.3 Å². The molecule has 0 bridgehead atoms. The van der Waals surface area contributed by atoms with E-state index in [1.807, 2.05) is 12.1 Å². The number of hydrogen-bond acceptors (Lipinski definition) is 8. The van der Waals surface area contributed by atoms with E-state index in [2.05, 4.69) is 44.2 Å². The predicted octanol–water partition coefficient (Wildman–Crippen LogP) is 1.53. The SMILES string of the molecule is CC1(C)Cc2cc(NC(=O)C(=CN)c3ncccn3)c(N3CCN(CC(=O)NC4CC4)CC3)cc2O1. The average Bonchev–Trinajstić information content (AvgIpc) is 3.60. The minimum absolute atomic E-state index is 0.0938. The van der Waals surface area contributed by atoms with Crippen LogP contribution in [0.2, 0.25) is 0 Å². The molecule has 0 spiro atoms. The number of nitrogens with two attached hydrogens (primary N) is 1. The molecule has 0 atom stereocenters. The molecule has 10 nitrogen and oxygen atoms in total. The van der Waals surface area contributed by atoms with Crippen molar-refractivity contribution in [3.05, 3.63) is 48.2 Å². The maximum Gasteiger partial charge on any atom is 0.261 e. The minimum atomic E-state index is -0.376. The normalized spacial score (nSPS) is 19.4. The van der Waals surface area contributed by atoms with Gasteiger partial charge in [-0.3, -0.25) is 14.5 Å². The largest absolute Gasteiger partial charge is 0.487 e. The Labute approximate surface area is 210 Å². The van der Waals surface area contributed by atoms with Gasteiger partial charge in [-0.05, 0) is 38.8 Å². The van der Waals surface area contributed by atoms with Gasteiger partial charge in [-0.25, -0.2) is 9.97 Å². The van der Waals surface area contributed by atoms with E-state index in [1.165, 1.54) is 6.20 Å². The van der Waals surface area contributed by atoms with Crippen LogP contribution < -0.4 is 26.0 Å². The second kappa shape index (κ2) is 9.77. The van der Waals surface area contributed by atoms with Crippen LogP contribution in [0.1, 0.15) is 38.1 Å². The Hall–Kier alpha value is -3.66. The third-order valence-corrected chi connectivity index (χ3v) is 6.67. The van der Waals surface area contributed by atoms with E-state index in [9.17, 15) is 9.59 Å². The van der Waals surface area contributed by atoms with E-state index in [-0.39, 0.29) is 28.8 Å². The Morgan fingerprint density at radius 1 is 1.17 bits per heavy atom. The van der Waals surface area contributed by atoms with E-state index in [1.54, 1.807) is 18.5 Å². The van der Waals surface area contributed by atoms with Crippen molar-refractivity contribution in [1.29, 1.82) is 0 Å². The molecule has 1 saturated heterocycles. The third-order valence-electron chi connectivity index (χ3n) is 6.67. The molecular weight excluding hydrogens is 458 g/mol. The van der Waals surface area contributed by atoms with Crippen LogP contribution in [0.25, 0.3) is 5.57 Å².